The molecule has 0 saturated carbocycles. The topological polar surface area (TPSA) is 17.1 Å². The highest BCUT2D eigenvalue weighted by Crippen LogP contribution is 2.69. The molecule has 0 saturated heterocycles. The standard InChI is InChI=1S/Cl3OPS/c1-5(2,4)6-3. The first kappa shape index (κ1) is 7.45. The Morgan fingerprint density at radius 2 is 1.67 bits per heavy atom. The predicted octanol–water partition coefficient (Wildman–Crippen LogP) is 3.46. The minimum Gasteiger partial charge on any atom is -0.276 e. The van der Waals surface area contributed by atoms with E-state index >= 15 is 0 Å². The maximum absolute atomic E-state index is 9.95. The average molecular weight is 185 g/mol. The van der Waals surface area contributed by atoms with Gasteiger partial charge in [-0.15, -0.1) is 0 Å². The largest absolute Gasteiger partial charge is 0.322 e. The molecule has 0 aliphatic carbocycles. The van der Waals surface area contributed by atoms with Crippen LogP contribution in [0.2, 0.25) is 0 Å². The number of hydrogen-bond acceptors (Lipinski definition) is 2. The van der Waals surface area contributed by atoms with Gasteiger partial charge in [-0.2, -0.15) is 0 Å². The second-order valence-corrected chi connectivity index (χ2v) is 9.23. The number of rotatable bonds is 1. The first-order valence-electron chi connectivity index (χ1n) is 0.858. The summed E-state index contributed by atoms with van der Waals surface area (Å²) in [4.78, 5) is 0. The van der Waals surface area contributed by atoms with Gasteiger partial charge in [-0.1, -0.05) is 0 Å². The fourth-order valence-electron chi connectivity index (χ4n) is 0. The second kappa shape index (κ2) is 2.68. The molecule has 0 aromatic rings. The Hall–Kier alpha value is 1.45. The maximum atomic E-state index is 9.95. The Kier molecular flexibility index (Phi) is 3.33. The lowest BCUT2D eigenvalue weighted by atomic mass is 16.0. The Bertz CT molecular complexity index is 74.9. The first-order valence-corrected chi connectivity index (χ1v) is 6.62. The van der Waals surface area contributed by atoms with Gasteiger partial charge in [-0.3, -0.25) is 4.57 Å². The van der Waals surface area contributed by atoms with E-state index in [-0.39, 0.29) is 0 Å². The zero-order chi connectivity index (χ0) is 5.21. The molecule has 0 N–H and O–H groups in total. The SMILES string of the molecule is O=P(Cl)(Cl)SCl. The van der Waals surface area contributed by atoms with E-state index in [1.807, 2.05) is 0 Å². The molecule has 38 valence electrons. The van der Waals surface area contributed by atoms with E-state index in [4.69, 9.17) is 33.2 Å². The van der Waals surface area contributed by atoms with Gasteiger partial charge in [0, 0.05) is 10.6 Å². The highest BCUT2D eigenvalue weighted by atomic mass is 35.9. The van der Waals surface area contributed by atoms with Crippen molar-refractivity contribution in [3.8, 4) is 0 Å². The molecular formula is Cl3OPS. The van der Waals surface area contributed by atoms with Crippen LogP contribution in [0.3, 0.4) is 0 Å². The Labute approximate surface area is 53.5 Å². The molecule has 0 aromatic carbocycles. The first-order chi connectivity index (χ1) is 2.56. The zero-order valence-electron chi connectivity index (χ0n) is 2.40. The van der Waals surface area contributed by atoms with Crippen LogP contribution in [0.15, 0.2) is 0 Å². The van der Waals surface area contributed by atoms with Crippen LogP contribution in [-0.2, 0) is 4.57 Å². The highest BCUT2D eigenvalue weighted by Gasteiger charge is 2.10. The molecule has 0 heterocycles. The summed E-state index contributed by atoms with van der Waals surface area (Å²) in [7, 11) is 5.31. The Morgan fingerprint density at radius 1 is 1.50 bits per heavy atom. The van der Waals surface area contributed by atoms with Crippen molar-refractivity contribution < 1.29 is 4.57 Å². The van der Waals surface area contributed by atoms with Crippen molar-refractivity contribution >= 4 is 48.8 Å². The Balaban J connectivity index is 3.48. The molecule has 6 heteroatoms. The highest BCUT2D eigenvalue weighted by molar-refractivity contribution is 8.81. The summed E-state index contributed by atoms with van der Waals surface area (Å²) in [6.45, 7) is 0. The molecule has 0 fully saturated rings. The van der Waals surface area contributed by atoms with Crippen LogP contribution in [-0.4, -0.2) is 0 Å². The monoisotopic (exact) mass is 184 g/mol. The van der Waals surface area contributed by atoms with Crippen molar-refractivity contribution in [3.05, 3.63) is 0 Å². The third-order valence-electron chi connectivity index (χ3n) is 0.0803. The molecule has 0 aromatic heterocycles. The molecule has 0 aliphatic rings. The van der Waals surface area contributed by atoms with Crippen LogP contribution >= 0.6 is 48.8 Å². The second-order valence-electron chi connectivity index (χ2n) is 0.483. The smallest absolute Gasteiger partial charge is 0.276 e. The van der Waals surface area contributed by atoms with Gasteiger partial charge in [-0.25, -0.2) is 0 Å². The fraction of sp³-hybridized carbons (Fsp3) is 0. The van der Waals surface area contributed by atoms with Gasteiger partial charge in [0.25, 0.3) is 0 Å². The third-order valence-corrected chi connectivity index (χ3v) is 4.99. The van der Waals surface area contributed by atoms with Crippen LogP contribution in [0.4, 0.5) is 0 Å². The minimum atomic E-state index is -3.02. The summed E-state index contributed by atoms with van der Waals surface area (Å²) in [5.41, 5.74) is 0. The van der Waals surface area contributed by atoms with Crippen molar-refractivity contribution in [2.75, 3.05) is 0 Å². The molecule has 0 spiro atoms. The minimum absolute atomic E-state index is 0.441. The van der Waals surface area contributed by atoms with Crippen molar-refractivity contribution in [3.63, 3.8) is 0 Å². The molecule has 1 nitrogen and oxygen atoms in total. The Morgan fingerprint density at radius 3 is 1.67 bits per heavy atom. The number of hydrogen-bond donors (Lipinski definition) is 0. The summed E-state index contributed by atoms with van der Waals surface area (Å²) in [5, 5.41) is -3.02. The van der Waals surface area contributed by atoms with E-state index in [2.05, 4.69) is 0 Å². The van der Waals surface area contributed by atoms with Crippen LogP contribution in [0, 0.1) is 0 Å². The number of halogens is 3. The summed E-state index contributed by atoms with van der Waals surface area (Å²) in [6.07, 6.45) is 0. The zero-order valence-corrected chi connectivity index (χ0v) is 6.38. The molecular weight excluding hydrogens is 185 g/mol. The van der Waals surface area contributed by atoms with Crippen molar-refractivity contribution in [1.82, 2.24) is 0 Å². The van der Waals surface area contributed by atoms with Gasteiger partial charge < -0.3 is 0 Å². The van der Waals surface area contributed by atoms with Gasteiger partial charge in [0.2, 0.25) is 0 Å². The molecule has 0 amide bonds. The molecule has 0 rings (SSSR count). The lowest BCUT2D eigenvalue weighted by Gasteiger charge is -1.84. The molecule has 0 bridgehead atoms. The van der Waals surface area contributed by atoms with Crippen LogP contribution in [0.25, 0.3) is 0 Å². The van der Waals surface area contributed by atoms with E-state index in [1.54, 1.807) is 0 Å². The van der Waals surface area contributed by atoms with Gasteiger partial charge in [0.15, 0.2) is 0 Å². The molecule has 6 heavy (non-hydrogen) atoms. The fourth-order valence-corrected chi connectivity index (χ4v) is 0. The van der Waals surface area contributed by atoms with Gasteiger partial charge in [-0.05, 0) is 33.2 Å². The predicted molar refractivity (Wildman–Crippen MR) is 32.8 cm³/mol. The summed E-state index contributed by atoms with van der Waals surface area (Å²) in [5.74, 6) is 0. The third kappa shape index (κ3) is 5.45. The maximum Gasteiger partial charge on any atom is 0.322 e. The van der Waals surface area contributed by atoms with E-state index < -0.39 is 5.05 Å². The van der Waals surface area contributed by atoms with E-state index in [0.717, 1.165) is 0 Å². The summed E-state index contributed by atoms with van der Waals surface area (Å²) in [6, 6.07) is 0. The quantitative estimate of drug-likeness (QED) is 0.582. The van der Waals surface area contributed by atoms with Crippen molar-refractivity contribution in [1.29, 1.82) is 0 Å². The molecule has 0 radical (unpaired) electrons. The van der Waals surface area contributed by atoms with Gasteiger partial charge in [0.1, 0.15) is 0 Å². The lowest BCUT2D eigenvalue weighted by molar-refractivity contribution is 0.600. The average Bonchev–Trinajstić information content (AvgIpc) is 1.35. The van der Waals surface area contributed by atoms with Crippen molar-refractivity contribution in [2.24, 2.45) is 0 Å². The van der Waals surface area contributed by atoms with E-state index in [0.29, 0.717) is 10.6 Å². The van der Waals surface area contributed by atoms with Crippen LogP contribution < -0.4 is 0 Å². The molecule has 0 aliphatic heterocycles. The van der Waals surface area contributed by atoms with Crippen LogP contribution in [0.1, 0.15) is 0 Å². The summed E-state index contributed by atoms with van der Waals surface area (Å²) < 4.78 is 9.95. The lowest BCUT2D eigenvalue weighted by Crippen LogP contribution is -1.28. The normalized spacial score (nSPS) is 11.8. The molecule has 0 unspecified atom stereocenters. The van der Waals surface area contributed by atoms with E-state index in [9.17, 15) is 4.57 Å². The van der Waals surface area contributed by atoms with Gasteiger partial charge in [0.05, 0.1) is 0 Å². The van der Waals surface area contributed by atoms with Crippen LogP contribution in [0.5, 0.6) is 0 Å². The molecule has 0 atom stereocenters. The van der Waals surface area contributed by atoms with Crippen molar-refractivity contribution in [2.45, 2.75) is 0 Å². The van der Waals surface area contributed by atoms with Gasteiger partial charge >= 0.3 is 5.05 Å². The van der Waals surface area contributed by atoms with E-state index in [1.165, 1.54) is 0 Å². The summed E-state index contributed by atoms with van der Waals surface area (Å²) >= 11 is 9.74.